The maximum absolute atomic E-state index is 14.2. The van der Waals surface area contributed by atoms with Crippen LogP contribution in [0, 0.1) is 0 Å². The number of hydrogen-bond acceptors (Lipinski definition) is 7. The van der Waals surface area contributed by atoms with Crippen LogP contribution in [0.25, 0.3) is 11.0 Å². The maximum Gasteiger partial charge on any atom is 0.249 e. The molecule has 0 spiro atoms. The summed E-state index contributed by atoms with van der Waals surface area (Å²) in [4.78, 5) is 33.8. The van der Waals surface area contributed by atoms with Gasteiger partial charge in [0.1, 0.15) is 29.6 Å². The molecule has 1 atom stereocenters. The van der Waals surface area contributed by atoms with Gasteiger partial charge in [-0.1, -0.05) is 30.3 Å². The van der Waals surface area contributed by atoms with E-state index in [1.54, 1.807) is 49.8 Å². The number of pyridine rings is 1. The minimum Gasteiger partial charge on any atom is -0.497 e. The fraction of sp³-hybridized carbons (Fsp3) is 0.321. The summed E-state index contributed by atoms with van der Waals surface area (Å²) in [5, 5.41) is 11.5. The second kappa shape index (κ2) is 11.3. The summed E-state index contributed by atoms with van der Waals surface area (Å²) in [6.07, 6.45) is 3.91. The summed E-state index contributed by atoms with van der Waals surface area (Å²) in [6.45, 7) is 5.71. The average molecular weight is 517 g/mol. The summed E-state index contributed by atoms with van der Waals surface area (Å²) in [7, 11) is 3.05. The van der Waals surface area contributed by atoms with E-state index in [0.717, 1.165) is 0 Å². The third kappa shape index (κ3) is 5.59. The molecular formula is C28H32N6O4. The molecule has 0 saturated carbocycles. The predicted octanol–water partition coefficient (Wildman–Crippen LogP) is 3.92. The summed E-state index contributed by atoms with van der Waals surface area (Å²) in [5.74, 6) is 0.189. The van der Waals surface area contributed by atoms with Gasteiger partial charge in [0.05, 0.1) is 25.4 Å². The van der Waals surface area contributed by atoms with Gasteiger partial charge in [-0.3, -0.25) is 19.5 Å². The van der Waals surface area contributed by atoms with Crippen LogP contribution < -0.4 is 19.7 Å². The monoisotopic (exact) mass is 516 g/mol. The number of nitrogens with zero attached hydrogens (tertiary/aromatic N) is 5. The first-order valence-electron chi connectivity index (χ1n) is 12.3. The molecule has 1 N–H and O–H groups in total. The lowest BCUT2D eigenvalue weighted by atomic mass is 9.99. The molecular weight excluding hydrogens is 484 g/mol. The summed E-state index contributed by atoms with van der Waals surface area (Å²) in [5.41, 5.74) is 1.82. The van der Waals surface area contributed by atoms with Crippen molar-refractivity contribution in [3.05, 3.63) is 72.6 Å². The molecule has 0 radical (unpaired) electrons. The zero-order valence-corrected chi connectivity index (χ0v) is 22.2. The average Bonchev–Trinajstić information content (AvgIpc) is 3.34. The number of para-hydroxylation sites is 1. The Balaban J connectivity index is 1.87. The first-order chi connectivity index (χ1) is 18.3. The van der Waals surface area contributed by atoms with E-state index in [0.29, 0.717) is 40.2 Å². The second-order valence-electron chi connectivity index (χ2n) is 9.45. The van der Waals surface area contributed by atoms with E-state index in [2.05, 4.69) is 20.6 Å². The van der Waals surface area contributed by atoms with Crippen LogP contribution in [0.4, 0.5) is 5.69 Å². The Hall–Kier alpha value is -4.47. The highest BCUT2D eigenvalue weighted by Crippen LogP contribution is 2.38. The maximum atomic E-state index is 14.2. The Morgan fingerprint density at radius 3 is 2.55 bits per heavy atom. The van der Waals surface area contributed by atoms with E-state index in [4.69, 9.17) is 9.47 Å². The molecule has 2 aromatic carbocycles. The highest BCUT2D eigenvalue weighted by molar-refractivity contribution is 6.02. The smallest absolute Gasteiger partial charge is 0.249 e. The Kier molecular flexibility index (Phi) is 7.90. The molecule has 198 valence electrons. The van der Waals surface area contributed by atoms with Crippen LogP contribution in [0.5, 0.6) is 11.5 Å². The summed E-state index contributed by atoms with van der Waals surface area (Å²) >= 11 is 0. The molecule has 38 heavy (non-hydrogen) atoms. The number of benzene rings is 2. The largest absolute Gasteiger partial charge is 0.497 e. The van der Waals surface area contributed by atoms with Gasteiger partial charge in [0.25, 0.3) is 0 Å². The minimum atomic E-state index is -1.04. The van der Waals surface area contributed by atoms with Gasteiger partial charge >= 0.3 is 0 Å². The molecule has 2 heterocycles. The van der Waals surface area contributed by atoms with Gasteiger partial charge in [0.2, 0.25) is 11.8 Å². The number of nitrogens with one attached hydrogen (secondary N) is 1. The molecule has 4 aromatic rings. The van der Waals surface area contributed by atoms with Crippen LogP contribution in [-0.2, 0) is 16.1 Å². The van der Waals surface area contributed by atoms with E-state index in [1.165, 1.54) is 16.7 Å². The van der Waals surface area contributed by atoms with Crippen molar-refractivity contribution in [1.29, 1.82) is 0 Å². The quantitative estimate of drug-likeness (QED) is 0.340. The van der Waals surface area contributed by atoms with Crippen LogP contribution in [-0.4, -0.2) is 51.6 Å². The van der Waals surface area contributed by atoms with E-state index in [-0.39, 0.29) is 18.4 Å². The van der Waals surface area contributed by atoms with Crippen LogP contribution in [0.1, 0.15) is 38.8 Å². The number of amides is 2. The van der Waals surface area contributed by atoms with Gasteiger partial charge in [0.15, 0.2) is 0 Å². The van der Waals surface area contributed by atoms with Crippen LogP contribution >= 0.6 is 0 Å². The number of fused-ring (bicyclic) bond motifs is 1. The fourth-order valence-corrected chi connectivity index (χ4v) is 4.09. The van der Waals surface area contributed by atoms with Crippen molar-refractivity contribution in [2.45, 2.75) is 45.3 Å². The summed E-state index contributed by atoms with van der Waals surface area (Å²) in [6, 6.07) is 15.0. The normalized spacial score (nSPS) is 12.1. The third-order valence-electron chi connectivity index (χ3n) is 6.47. The number of anilines is 1. The van der Waals surface area contributed by atoms with Gasteiger partial charge in [-0.15, -0.1) is 5.10 Å². The van der Waals surface area contributed by atoms with Crippen LogP contribution in [0.2, 0.25) is 0 Å². The van der Waals surface area contributed by atoms with Crippen molar-refractivity contribution in [3.8, 4) is 11.5 Å². The van der Waals surface area contributed by atoms with Gasteiger partial charge in [0, 0.05) is 29.6 Å². The SMILES string of the molecule is CCC(C)(C)NC(=O)[C@@H](c1cccnc1)N(C(=O)Cn1nnc2ccccc21)c1ccc(OC)cc1OC. The first kappa shape index (κ1) is 26.6. The van der Waals surface area contributed by atoms with Crippen LogP contribution in [0.15, 0.2) is 67.0 Å². The van der Waals surface area contributed by atoms with Crippen molar-refractivity contribution in [3.63, 3.8) is 0 Å². The third-order valence-corrected chi connectivity index (χ3v) is 6.47. The lowest BCUT2D eigenvalue weighted by Gasteiger charge is -2.35. The molecule has 4 rings (SSSR count). The molecule has 2 amide bonds. The molecule has 0 unspecified atom stereocenters. The predicted molar refractivity (Wildman–Crippen MR) is 144 cm³/mol. The molecule has 0 bridgehead atoms. The Morgan fingerprint density at radius 1 is 1.08 bits per heavy atom. The number of hydrogen-bond donors (Lipinski definition) is 1. The van der Waals surface area contributed by atoms with Crippen molar-refractivity contribution in [1.82, 2.24) is 25.3 Å². The topological polar surface area (TPSA) is 111 Å². The molecule has 10 heteroatoms. The molecule has 2 aromatic heterocycles. The number of rotatable bonds is 10. The number of carbonyl (C=O) groups excluding carboxylic acids is 2. The molecule has 0 aliphatic heterocycles. The Bertz CT molecular complexity index is 1420. The van der Waals surface area contributed by atoms with Gasteiger partial charge in [-0.05, 0) is 50.6 Å². The molecule has 0 fully saturated rings. The van der Waals surface area contributed by atoms with Crippen LogP contribution in [0.3, 0.4) is 0 Å². The van der Waals surface area contributed by atoms with Gasteiger partial charge in [-0.2, -0.15) is 0 Å². The number of methoxy groups -OCH3 is 2. The number of aromatic nitrogens is 4. The van der Waals surface area contributed by atoms with E-state index in [9.17, 15) is 9.59 Å². The zero-order chi connectivity index (χ0) is 27.3. The Labute approximate surface area is 221 Å². The molecule has 0 saturated heterocycles. The fourth-order valence-electron chi connectivity index (χ4n) is 4.09. The number of ether oxygens (including phenoxy) is 2. The second-order valence-corrected chi connectivity index (χ2v) is 9.45. The van der Waals surface area contributed by atoms with Gasteiger partial charge in [-0.25, -0.2) is 4.68 Å². The standard InChI is InChI=1S/C28H32N6O4/c1-6-28(2,3)30-27(36)26(19-10-9-15-29-17-19)34(23-14-13-20(37-4)16-24(23)38-5)25(35)18-33-22-12-8-7-11-21(22)31-32-33/h7-17,26H,6,18H2,1-5H3,(H,30,36)/t26-/m1/s1. The van der Waals surface area contributed by atoms with Crippen molar-refractivity contribution in [2.75, 3.05) is 19.1 Å². The number of carbonyl (C=O) groups is 2. The first-order valence-corrected chi connectivity index (χ1v) is 12.3. The van der Waals surface area contributed by atoms with E-state index < -0.39 is 11.6 Å². The highest BCUT2D eigenvalue weighted by atomic mass is 16.5. The minimum absolute atomic E-state index is 0.156. The zero-order valence-electron chi connectivity index (χ0n) is 22.2. The Morgan fingerprint density at radius 2 is 1.87 bits per heavy atom. The van der Waals surface area contributed by atoms with E-state index >= 15 is 0 Å². The molecule has 0 aliphatic carbocycles. The van der Waals surface area contributed by atoms with Crippen molar-refractivity contribution >= 4 is 28.5 Å². The molecule has 0 aliphatic rings. The lowest BCUT2D eigenvalue weighted by molar-refractivity contribution is -0.128. The van der Waals surface area contributed by atoms with Crippen molar-refractivity contribution < 1.29 is 19.1 Å². The lowest BCUT2D eigenvalue weighted by Crippen LogP contribution is -2.51. The van der Waals surface area contributed by atoms with E-state index in [1.807, 2.05) is 45.0 Å². The molecule has 10 nitrogen and oxygen atoms in total. The summed E-state index contributed by atoms with van der Waals surface area (Å²) < 4.78 is 12.5. The van der Waals surface area contributed by atoms with Gasteiger partial charge < -0.3 is 14.8 Å². The van der Waals surface area contributed by atoms with Crippen molar-refractivity contribution in [2.24, 2.45) is 0 Å². The highest BCUT2D eigenvalue weighted by Gasteiger charge is 2.37.